The first-order valence-electron chi connectivity index (χ1n) is 4.85. The van der Waals surface area contributed by atoms with E-state index in [0.29, 0.717) is 16.9 Å². The molecule has 0 amide bonds. The van der Waals surface area contributed by atoms with Crippen LogP contribution in [0.2, 0.25) is 0 Å². The van der Waals surface area contributed by atoms with E-state index in [1.807, 2.05) is 0 Å². The third-order valence-corrected chi connectivity index (χ3v) is 3.29. The maximum atomic E-state index is 12.7. The molecule has 0 radical (unpaired) electrons. The van der Waals surface area contributed by atoms with Crippen LogP contribution in [0.4, 0.5) is 17.6 Å². The minimum absolute atomic E-state index is 0.0369. The molecule has 0 fully saturated rings. The van der Waals surface area contributed by atoms with Gasteiger partial charge in [-0.3, -0.25) is 0 Å². The van der Waals surface area contributed by atoms with E-state index in [4.69, 9.17) is 5.11 Å². The molecule has 0 saturated heterocycles. The molecule has 1 N–H and O–H groups in total. The average molecular weight is 277 g/mol. The third kappa shape index (κ3) is 2.51. The number of aliphatic hydroxyl groups is 1. The summed E-state index contributed by atoms with van der Waals surface area (Å²) < 4.78 is 50.2. The molecule has 96 valence electrons. The van der Waals surface area contributed by atoms with Gasteiger partial charge in [-0.05, 0) is 24.3 Å². The molecular weight excluding hydrogens is 270 g/mol. The van der Waals surface area contributed by atoms with E-state index in [1.54, 1.807) is 0 Å². The first-order chi connectivity index (χ1) is 8.41. The van der Waals surface area contributed by atoms with Gasteiger partial charge in [-0.25, -0.2) is 9.37 Å². The fourth-order valence-corrected chi connectivity index (χ4v) is 2.22. The highest BCUT2D eigenvalue weighted by molar-refractivity contribution is 7.12. The minimum Gasteiger partial charge on any atom is -0.391 e. The summed E-state index contributed by atoms with van der Waals surface area (Å²) >= 11 is 0.386. The lowest BCUT2D eigenvalue weighted by Crippen LogP contribution is -2.03. The smallest absolute Gasteiger partial charge is 0.391 e. The summed E-state index contributed by atoms with van der Waals surface area (Å²) in [6, 6.07) is 4.90. The van der Waals surface area contributed by atoms with Gasteiger partial charge < -0.3 is 5.11 Å². The second-order valence-corrected chi connectivity index (χ2v) is 4.54. The fraction of sp³-hybridized carbons (Fsp3) is 0.182. The molecule has 0 saturated carbocycles. The standard InChI is InChI=1S/C11H7F4NOS/c12-7-3-1-6(2-4-7)9-8(5-17)18-10(16-9)11(13,14)15/h1-4,17H,5H2. The van der Waals surface area contributed by atoms with E-state index in [0.717, 1.165) is 12.1 Å². The molecule has 2 rings (SSSR count). The van der Waals surface area contributed by atoms with Crippen molar-refractivity contribution < 1.29 is 22.7 Å². The Labute approximate surface area is 104 Å². The zero-order valence-corrected chi connectivity index (χ0v) is 9.65. The predicted octanol–water partition coefficient (Wildman–Crippen LogP) is 3.46. The zero-order valence-electron chi connectivity index (χ0n) is 8.83. The molecule has 0 aliphatic carbocycles. The van der Waals surface area contributed by atoms with Gasteiger partial charge in [0.1, 0.15) is 5.82 Å². The summed E-state index contributed by atoms with van der Waals surface area (Å²) in [5.41, 5.74) is 0.377. The highest BCUT2D eigenvalue weighted by Gasteiger charge is 2.36. The van der Waals surface area contributed by atoms with E-state index < -0.39 is 23.6 Å². The summed E-state index contributed by atoms with van der Waals surface area (Å²) in [7, 11) is 0. The zero-order chi connectivity index (χ0) is 13.3. The number of nitrogens with zero attached hydrogens (tertiary/aromatic N) is 1. The van der Waals surface area contributed by atoms with E-state index in [-0.39, 0.29) is 10.6 Å². The van der Waals surface area contributed by atoms with Crippen LogP contribution in [0.5, 0.6) is 0 Å². The average Bonchev–Trinajstić information content (AvgIpc) is 2.73. The molecule has 2 nitrogen and oxygen atoms in total. The molecular formula is C11H7F4NOS. The van der Waals surface area contributed by atoms with Crippen molar-refractivity contribution >= 4 is 11.3 Å². The predicted molar refractivity (Wildman–Crippen MR) is 58.4 cm³/mol. The Kier molecular flexibility index (Phi) is 3.36. The van der Waals surface area contributed by atoms with Crippen molar-refractivity contribution in [2.45, 2.75) is 12.8 Å². The Balaban J connectivity index is 2.50. The molecule has 1 heterocycles. The summed E-state index contributed by atoms with van der Waals surface area (Å²) in [4.78, 5) is 3.57. The van der Waals surface area contributed by atoms with Gasteiger partial charge in [0.25, 0.3) is 0 Å². The van der Waals surface area contributed by atoms with Crippen LogP contribution in [0.1, 0.15) is 9.88 Å². The van der Waals surface area contributed by atoms with Gasteiger partial charge >= 0.3 is 6.18 Å². The fourth-order valence-electron chi connectivity index (χ4n) is 1.41. The number of rotatable bonds is 2. The monoisotopic (exact) mass is 277 g/mol. The van der Waals surface area contributed by atoms with Gasteiger partial charge in [0, 0.05) is 5.56 Å². The number of aliphatic hydroxyl groups excluding tert-OH is 1. The largest absolute Gasteiger partial charge is 0.443 e. The van der Waals surface area contributed by atoms with E-state index in [9.17, 15) is 17.6 Å². The number of thiazole rings is 1. The van der Waals surface area contributed by atoms with E-state index in [1.165, 1.54) is 12.1 Å². The van der Waals surface area contributed by atoms with E-state index in [2.05, 4.69) is 4.98 Å². The normalized spacial score (nSPS) is 11.8. The van der Waals surface area contributed by atoms with Gasteiger partial charge in [-0.2, -0.15) is 13.2 Å². The summed E-state index contributed by atoms with van der Waals surface area (Å²) in [5.74, 6) is -0.490. The van der Waals surface area contributed by atoms with Gasteiger partial charge in [0.05, 0.1) is 17.2 Å². The molecule has 0 aliphatic rings. The summed E-state index contributed by atoms with van der Waals surface area (Å²) in [6.07, 6.45) is -4.55. The van der Waals surface area contributed by atoms with Crippen LogP contribution in [-0.2, 0) is 12.8 Å². The van der Waals surface area contributed by atoms with Gasteiger partial charge in [-0.1, -0.05) is 0 Å². The quantitative estimate of drug-likeness (QED) is 0.853. The highest BCUT2D eigenvalue weighted by atomic mass is 32.1. The Morgan fingerprint density at radius 1 is 1.17 bits per heavy atom. The molecule has 0 aliphatic heterocycles. The lowest BCUT2D eigenvalue weighted by atomic mass is 10.1. The second-order valence-electron chi connectivity index (χ2n) is 3.45. The van der Waals surface area contributed by atoms with Crippen molar-refractivity contribution in [1.29, 1.82) is 0 Å². The van der Waals surface area contributed by atoms with Crippen LogP contribution < -0.4 is 0 Å². The summed E-state index contributed by atoms with van der Waals surface area (Å²) in [6.45, 7) is -0.541. The Morgan fingerprint density at radius 2 is 1.78 bits per heavy atom. The van der Waals surface area contributed by atoms with Crippen LogP contribution in [0, 0.1) is 5.82 Å². The molecule has 7 heteroatoms. The molecule has 0 bridgehead atoms. The van der Waals surface area contributed by atoms with Crippen LogP contribution in [-0.4, -0.2) is 10.1 Å². The SMILES string of the molecule is OCc1sc(C(F)(F)F)nc1-c1ccc(F)cc1. The molecule has 18 heavy (non-hydrogen) atoms. The highest BCUT2D eigenvalue weighted by Crippen LogP contribution is 2.37. The molecule has 0 unspecified atom stereocenters. The van der Waals surface area contributed by atoms with Gasteiger partial charge in [0.15, 0.2) is 5.01 Å². The molecule has 0 atom stereocenters. The molecule has 2 aromatic rings. The van der Waals surface area contributed by atoms with E-state index >= 15 is 0 Å². The second kappa shape index (κ2) is 4.66. The third-order valence-electron chi connectivity index (χ3n) is 2.20. The van der Waals surface area contributed by atoms with Crippen LogP contribution in [0.15, 0.2) is 24.3 Å². The number of benzene rings is 1. The van der Waals surface area contributed by atoms with Gasteiger partial charge in [0.2, 0.25) is 0 Å². The maximum Gasteiger partial charge on any atom is 0.443 e. The first-order valence-corrected chi connectivity index (χ1v) is 5.67. The Morgan fingerprint density at radius 3 is 2.28 bits per heavy atom. The number of hydrogen-bond donors (Lipinski definition) is 1. The van der Waals surface area contributed by atoms with Crippen molar-refractivity contribution in [3.05, 3.63) is 40.0 Å². The minimum atomic E-state index is -4.55. The lowest BCUT2D eigenvalue weighted by Gasteiger charge is -2.00. The number of alkyl halides is 3. The Bertz CT molecular complexity index is 547. The summed E-state index contributed by atoms with van der Waals surface area (Å²) in [5, 5.41) is 8.02. The topological polar surface area (TPSA) is 33.1 Å². The van der Waals surface area contributed by atoms with Crippen LogP contribution in [0.25, 0.3) is 11.3 Å². The number of aromatic nitrogens is 1. The van der Waals surface area contributed by atoms with Crippen molar-refractivity contribution in [2.75, 3.05) is 0 Å². The number of hydrogen-bond acceptors (Lipinski definition) is 3. The molecule has 0 spiro atoms. The molecule has 1 aromatic heterocycles. The van der Waals surface area contributed by atoms with Gasteiger partial charge in [-0.15, -0.1) is 11.3 Å². The van der Waals surface area contributed by atoms with Crippen LogP contribution >= 0.6 is 11.3 Å². The lowest BCUT2D eigenvalue weighted by molar-refractivity contribution is -0.137. The van der Waals surface area contributed by atoms with Crippen molar-refractivity contribution in [3.8, 4) is 11.3 Å². The van der Waals surface area contributed by atoms with Crippen LogP contribution in [0.3, 0.4) is 0 Å². The molecule has 1 aromatic carbocycles. The maximum absolute atomic E-state index is 12.7. The Hall–Kier alpha value is -1.47. The van der Waals surface area contributed by atoms with Crippen molar-refractivity contribution in [1.82, 2.24) is 4.98 Å². The number of halogens is 4. The van der Waals surface area contributed by atoms with Crippen molar-refractivity contribution in [2.24, 2.45) is 0 Å². The van der Waals surface area contributed by atoms with Crippen molar-refractivity contribution in [3.63, 3.8) is 0 Å². The first kappa shape index (κ1) is 13.0.